The molecule has 2 atom stereocenters. The number of alkyl halides is 2. The molecular weight excluding hydrogens is 259 g/mol. The average Bonchev–Trinajstić information content (AvgIpc) is 2.01. The molecule has 0 rings (SSSR count). The molecule has 4 N–H and O–H groups in total. The maximum Gasteiger partial charge on any atom is 0.153 e. The summed E-state index contributed by atoms with van der Waals surface area (Å²) in [7, 11) is -3.19. The van der Waals surface area contributed by atoms with Crippen LogP contribution in [0.3, 0.4) is 0 Å². The first kappa shape index (κ1) is 15.4. The molecule has 0 aromatic rings. The molecule has 0 heterocycles. The molecule has 0 fully saturated rings. The van der Waals surface area contributed by atoms with E-state index in [0.29, 0.717) is 24.6 Å². The van der Waals surface area contributed by atoms with E-state index < -0.39 is 21.9 Å². The fourth-order valence-corrected chi connectivity index (χ4v) is 3.50. The Labute approximate surface area is 101 Å². The number of nitrogens with two attached hydrogens (primary N) is 2. The lowest BCUT2D eigenvalue weighted by molar-refractivity contribution is 0.573. The van der Waals surface area contributed by atoms with Gasteiger partial charge >= 0.3 is 0 Å². The molecule has 0 saturated carbocycles. The number of halogens is 2. The normalized spacial score (nSPS) is 16.3. The predicted octanol–water partition coefficient (Wildman–Crippen LogP) is 0.314. The van der Waals surface area contributed by atoms with Gasteiger partial charge in [0.05, 0.1) is 11.5 Å². The molecule has 0 radical (unpaired) electrons. The van der Waals surface area contributed by atoms with E-state index in [1.165, 1.54) is 0 Å². The first-order valence-electron chi connectivity index (χ1n) is 4.74. The number of sulfone groups is 1. The summed E-state index contributed by atoms with van der Waals surface area (Å²) in [5.41, 5.74) is 11.2. The summed E-state index contributed by atoms with van der Waals surface area (Å²) in [6, 6.07) is -0.814. The maximum atomic E-state index is 11.6. The van der Waals surface area contributed by atoms with Gasteiger partial charge in [-0.15, -0.1) is 23.2 Å². The van der Waals surface area contributed by atoms with Crippen LogP contribution in [-0.4, -0.2) is 43.8 Å². The van der Waals surface area contributed by atoms with Gasteiger partial charge in [0.25, 0.3) is 0 Å². The van der Waals surface area contributed by atoms with Gasteiger partial charge in [-0.05, 0) is 12.8 Å². The molecule has 7 heteroatoms. The molecule has 0 aromatic carbocycles. The molecule has 0 amide bonds. The zero-order valence-electron chi connectivity index (χ0n) is 8.53. The number of hydrogen-bond acceptors (Lipinski definition) is 4. The quantitative estimate of drug-likeness (QED) is 0.625. The topological polar surface area (TPSA) is 86.2 Å². The highest BCUT2D eigenvalue weighted by atomic mass is 35.5. The van der Waals surface area contributed by atoms with E-state index >= 15 is 0 Å². The molecule has 0 saturated heterocycles. The van der Waals surface area contributed by atoms with Gasteiger partial charge in [0.15, 0.2) is 9.84 Å². The summed E-state index contributed by atoms with van der Waals surface area (Å²) in [6.45, 7) is 0. The van der Waals surface area contributed by atoms with E-state index in [4.69, 9.17) is 34.7 Å². The zero-order valence-corrected chi connectivity index (χ0v) is 10.9. The molecule has 0 spiro atoms. The van der Waals surface area contributed by atoms with Gasteiger partial charge in [-0.2, -0.15) is 0 Å². The van der Waals surface area contributed by atoms with Gasteiger partial charge in [-0.1, -0.05) is 0 Å². The van der Waals surface area contributed by atoms with Crippen LogP contribution in [-0.2, 0) is 9.84 Å². The van der Waals surface area contributed by atoms with Crippen LogP contribution >= 0.6 is 23.2 Å². The Balaban J connectivity index is 4.07. The summed E-state index contributed by atoms with van der Waals surface area (Å²) >= 11 is 10.9. The fraction of sp³-hybridized carbons (Fsp3) is 1.00. The van der Waals surface area contributed by atoms with Crippen molar-refractivity contribution in [1.82, 2.24) is 0 Å². The monoisotopic (exact) mass is 276 g/mol. The summed E-state index contributed by atoms with van der Waals surface area (Å²) in [4.78, 5) is 0. The van der Waals surface area contributed by atoms with Crippen LogP contribution < -0.4 is 11.5 Å². The smallest absolute Gasteiger partial charge is 0.153 e. The Hall–Kier alpha value is 0.450. The molecule has 15 heavy (non-hydrogen) atoms. The number of hydrogen-bond donors (Lipinski definition) is 2. The average molecular weight is 277 g/mol. The second-order valence-corrected chi connectivity index (χ2v) is 6.46. The highest BCUT2D eigenvalue weighted by Crippen LogP contribution is 2.02. The summed E-state index contributed by atoms with van der Waals surface area (Å²) in [5.74, 6) is 0.611. The SMILES string of the molecule is NC(CCCl)CS(=O)(=O)CC(N)CCCl. The largest absolute Gasteiger partial charge is 0.327 e. The molecule has 0 aromatic heterocycles. The Morgan fingerprint density at radius 1 is 0.933 bits per heavy atom. The van der Waals surface area contributed by atoms with Gasteiger partial charge in [-0.3, -0.25) is 0 Å². The van der Waals surface area contributed by atoms with Crippen molar-refractivity contribution in [3.63, 3.8) is 0 Å². The van der Waals surface area contributed by atoms with Crippen molar-refractivity contribution in [2.24, 2.45) is 11.5 Å². The highest BCUT2D eigenvalue weighted by Gasteiger charge is 2.19. The fourth-order valence-electron chi connectivity index (χ4n) is 1.17. The van der Waals surface area contributed by atoms with E-state index in [9.17, 15) is 8.42 Å². The summed E-state index contributed by atoms with van der Waals surface area (Å²) < 4.78 is 23.1. The lowest BCUT2D eigenvalue weighted by Gasteiger charge is -2.13. The molecule has 0 aliphatic carbocycles. The van der Waals surface area contributed by atoms with Crippen molar-refractivity contribution in [2.45, 2.75) is 24.9 Å². The van der Waals surface area contributed by atoms with E-state index in [-0.39, 0.29) is 11.5 Å². The van der Waals surface area contributed by atoms with Crippen molar-refractivity contribution >= 4 is 33.0 Å². The molecule has 2 unspecified atom stereocenters. The van der Waals surface area contributed by atoms with Crippen LogP contribution in [0.2, 0.25) is 0 Å². The lowest BCUT2D eigenvalue weighted by Crippen LogP contribution is -2.37. The van der Waals surface area contributed by atoms with Crippen molar-refractivity contribution in [2.75, 3.05) is 23.3 Å². The third-order valence-corrected chi connectivity index (χ3v) is 4.20. The van der Waals surface area contributed by atoms with Gasteiger partial charge in [0, 0.05) is 23.8 Å². The van der Waals surface area contributed by atoms with Crippen LogP contribution in [0.25, 0.3) is 0 Å². The van der Waals surface area contributed by atoms with E-state index in [1.54, 1.807) is 0 Å². The molecule has 92 valence electrons. The van der Waals surface area contributed by atoms with Crippen molar-refractivity contribution in [1.29, 1.82) is 0 Å². The first-order valence-corrected chi connectivity index (χ1v) is 7.64. The second-order valence-electron chi connectivity index (χ2n) is 3.55. The van der Waals surface area contributed by atoms with Gasteiger partial charge in [0.2, 0.25) is 0 Å². The Kier molecular flexibility index (Phi) is 7.91. The minimum Gasteiger partial charge on any atom is -0.327 e. The van der Waals surface area contributed by atoms with Gasteiger partial charge < -0.3 is 11.5 Å². The van der Waals surface area contributed by atoms with E-state index in [2.05, 4.69) is 0 Å². The summed E-state index contributed by atoms with van der Waals surface area (Å²) in [5, 5.41) is 0. The van der Waals surface area contributed by atoms with Crippen molar-refractivity contribution in [3.05, 3.63) is 0 Å². The lowest BCUT2D eigenvalue weighted by atomic mass is 10.3. The Bertz CT molecular complexity index is 239. The minimum atomic E-state index is -3.19. The first-order chi connectivity index (χ1) is 6.91. The predicted molar refractivity (Wildman–Crippen MR) is 65.3 cm³/mol. The standard InChI is InChI=1S/C8H18Cl2N2O2S/c9-3-1-7(11)5-15(13,14)6-8(12)2-4-10/h7-8H,1-6,11-12H2. The van der Waals surface area contributed by atoms with E-state index in [0.717, 1.165) is 0 Å². The second kappa shape index (κ2) is 7.68. The summed E-state index contributed by atoms with van der Waals surface area (Å²) in [6.07, 6.45) is 0.983. The maximum absolute atomic E-state index is 11.6. The Morgan fingerprint density at radius 2 is 1.27 bits per heavy atom. The third kappa shape index (κ3) is 8.28. The van der Waals surface area contributed by atoms with Crippen LogP contribution in [0.15, 0.2) is 0 Å². The molecule has 4 nitrogen and oxygen atoms in total. The Morgan fingerprint density at radius 3 is 1.53 bits per heavy atom. The highest BCUT2D eigenvalue weighted by molar-refractivity contribution is 7.91. The molecule has 0 bridgehead atoms. The zero-order chi connectivity index (χ0) is 11.9. The van der Waals surface area contributed by atoms with Crippen LogP contribution in [0.1, 0.15) is 12.8 Å². The minimum absolute atomic E-state index is 0.0598. The molecular formula is C8H18Cl2N2O2S. The molecule has 0 aliphatic heterocycles. The van der Waals surface area contributed by atoms with Gasteiger partial charge in [0.1, 0.15) is 0 Å². The van der Waals surface area contributed by atoms with Gasteiger partial charge in [-0.25, -0.2) is 8.42 Å². The third-order valence-electron chi connectivity index (χ3n) is 1.90. The van der Waals surface area contributed by atoms with E-state index in [1.807, 2.05) is 0 Å². The van der Waals surface area contributed by atoms with Crippen LogP contribution in [0.4, 0.5) is 0 Å². The molecule has 0 aliphatic rings. The van der Waals surface area contributed by atoms with Crippen LogP contribution in [0, 0.1) is 0 Å². The van der Waals surface area contributed by atoms with Crippen molar-refractivity contribution in [3.8, 4) is 0 Å². The van der Waals surface area contributed by atoms with Crippen LogP contribution in [0.5, 0.6) is 0 Å². The number of rotatable bonds is 8. The van der Waals surface area contributed by atoms with Crippen molar-refractivity contribution < 1.29 is 8.42 Å².